The van der Waals surface area contributed by atoms with Crippen LogP contribution in [-0.4, -0.2) is 53.8 Å². The maximum Gasteiger partial charge on any atom is 0.488 e. The van der Waals surface area contributed by atoms with E-state index in [1.165, 1.54) is 18.2 Å². The maximum absolute atomic E-state index is 13.9. The lowest BCUT2D eigenvalue weighted by Gasteiger charge is -2.43. The molecular formula is C14H22BFN2O2. The number of nitrogens with zero attached hydrogens (tertiary/aromatic N) is 2. The van der Waals surface area contributed by atoms with Gasteiger partial charge in [0.1, 0.15) is 5.82 Å². The Labute approximate surface area is 120 Å². The van der Waals surface area contributed by atoms with Crippen LogP contribution in [0, 0.1) is 5.82 Å². The number of piperazine rings is 1. The van der Waals surface area contributed by atoms with Crippen LogP contribution in [0.5, 0.6) is 0 Å². The van der Waals surface area contributed by atoms with Gasteiger partial charge in [0, 0.05) is 31.7 Å². The molecule has 0 spiro atoms. The van der Waals surface area contributed by atoms with E-state index in [4.69, 9.17) is 0 Å². The fraction of sp³-hybridized carbons (Fsp3) is 0.571. The second-order valence-corrected chi connectivity index (χ2v) is 6.23. The largest absolute Gasteiger partial charge is 0.488 e. The van der Waals surface area contributed by atoms with E-state index < -0.39 is 7.12 Å². The molecule has 0 bridgehead atoms. The van der Waals surface area contributed by atoms with Gasteiger partial charge in [0.25, 0.3) is 0 Å². The molecule has 6 heteroatoms. The van der Waals surface area contributed by atoms with Crippen molar-refractivity contribution in [3.8, 4) is 0 Å². The minimum atomic E-state index is -1.56. The molecule has 0 atom stereocenters. The van der Waals surface area contributed by atoms with Crippen LogP contribution in [-0.2, 0) is 0 Å². The highest BCUT2D eigenvalue weighted by atomic mass is 19.1. The van der Waals surface area contributed by atoms with Crippen molar-refractivity contribution in [2.75, 3.05) is 31.1 Å². The van der Waals surface area contributed by atoms with Gasteiger partial charge in [-0.3, -0.25) is 4.90 Å². The van der Waals surface area contributed by atoms with Gasteiger partial charge in [-0.1, -0.05) is 6.07 Å². The molecule has 1 aliphatic heterocycles. The summed E-state index contributed by atoms with van der Waals surface area (Å²) in [7, 11) is -1.56. The van der Waals surface area contributed by atoms with E-state index in [0.29, 0.717) is 11.2 Å². The lowest BCUT2D eigenvalue weighted by Crippen LogP contribution is -2.53. The molecule has 1 fully saturated rings. The fourth-order valence-corrected chi connectivity index (χ4v) is 2.55. The predicted molar refractivity (Wildman–Crippen MR) is 79.8 cm³/mol. The summed E-state index contributed by atoms with van der Waals surface area (Å²) in [5.41, 5.74) is 0.886. The molecule has 4 nitrogen and oxygen atoms in total. The monoisotopic (exact) mass is 280 g/mol. The van der Waals surface area contributed by atoms with Gasteiger partial charge < -0.3 is 14.9 Å². The summed E-state index contributed by atoms with van der Waals surface area (Å²) in [5, 5.41) is 18.4. The van der Waals surface area contributed by atoms with Crippen molar-refractivity contribution in [1.29, 1.82) is 0 Å². The summed E-state index contributed by atoms with van der Waals surface area (Å²) in [4.78, 5) is 4.33. The Morgan fingerprint density at radius 3 is 2.20 bits per heavy atom. The molecule has 1 heterocycles. The van der Waals surface area contributed by atoms with E-state index in [2.05, 4.69) is 25.7 Å². The molecule has 20 heavy (non-hydrogen) atoms. The average Bonchev–Trinajstić information content (AvgIpc) is 2.38. The number of anilines is 1. The Bertz CT molecular complexity index is 469. The molecule has 1 aliphatic rings. The number of halogens is 1. The standard InChI is InChI=1S/C14H22BFN2O2/c1-14(2,3)18-8-6-17(7-9-18)13-10-11(15(19)20)4-5-12(13)16/h4-5,10,19-20H,6-9H2,1-3H3. The van der Waals surface area contributed by atoms with Gasteiger partial charge in [-0.2, -0.15) is 0 Å². The van der Waals surface area contributed by atoms with Crippen LogP contribution in [0.15, 0.2) is 18.2 Å². The molecule has 0 aliphatic carbocycles. The molecule has 2 rings (SSSR count). The molecule has 0 radical (unpaired) electrons. The van der Waals surface area contributed by atoms with E-state index in [1.54, 1.807) is 0 Å². The van der Waals surface area contributed by atoms with Gasteiger partial charge in [-0.25, -0.2) is 4.39 Å². The third kappa shape index (κ3) is 3.31. The van der Waals surface area contributed by atoms with Crippen LogP contribution < -0.4 is 10.4 Å². The Kier molecular flexibility index (Phi) is 4.37. The third-order valence-electron chi connectivity index (χ3n) is 3.84. The molecule has 0 aromatic heterocycles. The normalized spacial score (nSPS) is 17.4. The molecule has 2 N–H and O–H groups in total. The van der Waals surface area contributed by atoms with Crippen LogP contribution in [0.1, 0.15) is 20.8 Å². The van der Waals surface area contributed by atoms with Gasteiger partial charge in [-0.15, -0.1) is 0 Å². The molecule has 1 saturated heterocycles. The zero-order chi connectivity index (χ0) is 14.9. The van der Waals surface area contributed by atoms with Gasteiger partial charge in [0.05, 0.1) is 5.69 Å². The summed E-state index contributed by atoms with van der Waals surface area (Å²) >= 11 is 0. The van der Waals surface area contributed by atoms with Crippen molar-refractivity contribution < 1.29 is 14.4 Å². The smallest absolute Gasteiger partial charge is 0.423 e. The topological polar surface area (TPSA) is 46.9 Å². The maximum atomic E-state index is 13.9. The minimum Gasteiger partial charge on any atom is -0.423 e. The van der Waals surface area contributed by atoms with Crippen molar-refractivity contribution in [2.24, 2.45) is 0 Å². The van der Waals surface area contributed by atoms with Gasteiger partial charge in [0.15, 0.2) is 0 Å². The van der Waals surface area contributed by atoms with E-state index in [9.17, 15) is 14.4 Å². The van der Waals surface area contributed by atoms with Crippen LogP contribution in [0.4, 0.5) is 10.1 Å². The number of hydrogen-bond acceptors (Lipinski definition) is 4. The Morgan fingerprint density at radius 2 is 1.70 bits per heavy atom. The Morgan fingerprint density at radius 1 is 1.10 bits per heavy atom. The molecular weight excluding hydrogens is 258 g/mol. The summed E-state index contributed by atoms with van der Waals surface area (Å²) in [6, 6.07) is 4.21. The zero-order valence-corrected chi connectivity index (χ0v) is 12.3. The van der Waals surface area contributed by atoms with Crippen LogP contribution in [0.2, 0.25) is 0 Å². The van der Waals surface area contributed by atoms with Crippen LogP contribution in [0.25, 0.3) is 0 Å². The van der Waals surface area contributed by atoms with E-state index in [-0.39, 0.29) is 11.4 Å². The van der Waals surface area contributed by atoms with Gasteiger partial charge >= 0.3 is 7.12 Å². The highest BCUT2D eigenvalue weighted by Gasteiger charge is 2.27. The summed E-state index contributed by atoms with van der Waals surface area (Å²) in [5.74, 6) is -0.321. The van der Waals surface area contributed by atoms with Crippen molar-refractivity contribution in [3.05, 3.63) is 24.0 Å². The van der Waals surface area contributed by atoms with Crippen molar-refractivity contribution >= 4 is 18.3 Å². The average molecular weight is 280 g/mol. The SMILES string of the molecule is CC(C)(C)N1CCN(c2cc(B(O)O)ccc2F)CC1. The van der Waals surface area contributed by atoms with Crippen LogP contribution >= 0.6 is 0 Å². The summed E-state index contributed by atoms with van der Waals surface area (Å²) in [6.07, 6.45) is 0. The highest BCUT2D eigenvalue weighted by molar-refractivity contribution is 6.58. The van der Waals surface area contributed by atoms with Crippen molar-refractivity contribution in [1.82, 2.24) is 4.90 Å². The van der Waals surface area contributed by atoms with Gasteiger partial charge in [0.2, 0.25) is 0 Å². The third-order valence-corrected chi connectivity index (χ3v) is 3.84. The second kappa shape index (κ2) is 5.72. The predicted octanol–water partition coefficient (Wildman–Crippen LogP) is 0.426. The first-order valence-corrected chi connectivity index (χ1v) is 6.94. The molecule has 0 amide bonds. The van der Waals surface area contributed by atoms with Crippen molar-refractivity contribution in [2.45, 2.75) is 26.3 Å². The summed E-state index contributed by atoms with van der Waals surface area (Å²) in [6.45, 7) is 9.73. The second-order valence-electron chi connectivity index (χ2n) is 6.23. The Balaban J connectivity index is 2.12. The molecule has 1 aromatic carbocycles. The zero-order valence-electron chi connectivity index (χ0n) is 12.3. The first-order chi connectivity index (χ1) is 9.29. The molecule has 0 saturated carbocycles. The highest BCUT2D eigenvalue weighted by Crippen LogP contribution is 2.22. The first-order valence-electron chi connectivity index (χ1n) is 6.94. The first kappa shape index (κ1) is 15.3. The van der Waals surface area contributed by atoms with E-state index in [0.717, 1.165) is 26.2 Å². The Hall–Kier alpha value is -1.11. The lowest BCUT2D eigenvalue weighted by molar-refractivity contribution is 0.128. The van der Waals surface area contributed by atoms with Gasteiger partial charge in [-0.05, 0) is 38.4 Å². The number of hydrogen-bond donors (Lipinski definition) is 2. The summed E-state index contributed by atoms with van der Waals surface area (Å²) < 4.78 is 13.9. The van der Waals surface area contributed by atoms with Crippen molar-refractivity contribution in [3.63, 3.8) is 0 Å². The molecule has 0 unspecified atom stereocenters. The number of benzene rings is 1. The fourth-order valence-electron chi connectivity index (χ4n) is 2.55. The quantitative estimate of drug-likeness (QED) is 0.771. The molecule has 1 aromatic rings. The van der Waals surface area contributed by atoms with Crippen LogP contribution in [0.3, 0.4) is 0 Å². The van der Waals surface area contributed by atoms with E-state index >= 15 is 0 Å². The van der Waals surface area contributed by atoms with E-state index in [1.807, 2.05) is 4.90 Å². The molecule has 110 valence electrons. The minimum absolute atomic E-state index is 0.119. The number of rotatable bonds is 2. The lowest BCUT2D eigenvalue weighted by atomic mass is 9.80.